The number of thioether (sulfide) groups is 1. The van der Waals surface area contributed by atoms with Gasteiger partial charge in [-0.1, -0.05) is 44.2 Å². The number of hydrogen-bond acceptors (Lipinski definition) is 13. The number of benzene rings is 2. The first-order valence-electron chi connectivity index (χ1n) is 22.5. The molecule has 13 N–H and O–H groups in total. The lowest BCUT2D eigenvalue weighted by Gasteiger charge is -2.30. The van der Waals surface area contributed by atoms with Crippen LogP contribution in [0, 0.1) is 5.92 Å². The highest BCUT2D eigenvalue weighted by Gasteiger charge is 2.40. The Bertz CT molecular complexity index is 2290. The summed E-state index contributed by atoms with van der Waals surface area (Å²) >= 11 is 1.38. The van der Waals surface area contributed by atoms with Gasteiger partial charge >= 0.3 is 11.9 Å². The van der Waals surface area contributed by atoms with Gasteiger partial charge in [-0.15, -0.1) is 0 Å². The molecule has 7 atom stereocenters. The van der Waals surface area contributed by atoms with Gasteiger partial charge in [-0.3, -0.25) is 38.4 Å². The van der Waals surface area contributed by atoms with E-state index >= 15 is 0 Å². The molecular formula is C46H63N9O13S. The third-order valence-electron chi connectivity index (χ3n) is 11.4. The maximum Gasteiger partial charge on any atom is 0.326 e. The van der Waals surface area contributed by atoms with E-state index in [-0.39, 0.29) is 56.7 Å². The van der Waals surface area contributed by atoms with E-state index < -0.39 is 115 Å². The molecule has 2 heterocycles. The molecule has 4 rings (SSSR count). The molecule has 0 bridgehead atoms. The van der Waals surface area contributed by atoms with Crippen molar-refractivity contribution in [2.24, 2.45) is 11.7 Å². The molecule has 376 valence electrons. The third kappa shape index (κ3) is 16.5. The van der Waals surface area contributed by atoms with Crippen LogP contribution in [0.2, 0.25) is 0 Å². The topological polar surface area (TPSA) is 352 Å². The number of aliphatic hydroxyl groups is 1. The molecule has 0 radical (unpaired) electrons. The lowest BCUT2D eigenvalue weighted by atomic mass is 10.00. The molecule has 0 aliphatic carbocycles. The fourth-order valence-electron chi connectivity index (χ4n) is 7.84. The molecule has 22 nitrogen and oxygen atoms in total. The molecule has 1 saturated heterocycles. The largest absolute Gasteiger partial charge is 0.508 e. The first kappa shape index (κ1) is 54.9. The number of rotatable bonds is 27. The Morgan fingerprint density at radius 3 is 2.03 bits per heavy atom. The highest BCUT2D eigenvalue weighted by atomic mass is 32.2. The number of carbonyl (C=O) groups is 9. The Labute approximate surface area is 402 Å². The number of carboxylic acids is 2. The van der Waals surface area contributed by atoms with Crippen LogP contribution < -0.4 is 37.6 Å². The number of hydrogen-bond donors (Lipinski definition) is 12. The van der Waals surface area contributed by atoms with Crippen molar-refractivity contribution in [2.45, 2.75) is 108 Å². The Morgan fingerprint density at radius 1 is 0.768 bits per heavy atom. The first-order valence-corrected chi connectivity index (χ1v) is 23.9. The van der Waals surface area contributed by atoms with Crippen LogP contribution in [0.25, 0.3) is 10.9 Å². The second-order valence-corrected chi connectivity index (χ2v) is 18.1. The van der Waals surface area contributed by atoms with Gasteiger partial charge in [0.05, 0.1) is 13.2 Å². The van der Waals surface area contributed by atoms with Gasteiger partial charge in [0.1, 0.15) is 48.0 Å². The van der Waals surface area contributed by atoms with Gasteiger partial charge in [0, 0.05) is 42.9 Å². The minimum Gasteiger partial charge on any atom is -0.508 e. The van der Waals surface area contributed by atoms with Crippen LogP contribution in [-0.4, -0.2) is 158 Å². The van der Waals surface area contributed by atoms with Crippen molar-refractivity contribution in [3.05, 3.63) is 65.9 Å². The van der Waals surface area contributed by atoms with E-state index in [0.29, 0.717) is 23.3 Å². The number of aromatic hydroxyl groups is 1. The SMILES string of the molecule is CSCC[C@H](NC(=O)[C@H](CO)NC(=O)[C@H](CC(C)C)NC(=O)[C@H](Cc1c[nH]c2ccccc12)NC(=O)[C@H](CCC(=O)O)NC(=O)CN)C(=O)N1CCC[C@H]1C(=O)N[C@@H](Cc1ccc(O)cc1)C(=O)O. The molecule has 3 aromatic rings. The Hall–Kier alpha value is -6.72. The third-order valence-corrected chi connectivity index (χ3v) is 12.1. The summed E-state index contributed by atoms with van der Waals surface area (Å²) in [6.45, 7) is 2.24. The quantitative estimate of drug-likeness (QED) is 0.0448. The summed E-state index contributed by atoms with van der Waals surface area (Å²) in [6.07, 6.45) is 3.10. The highest BCUT2D eigenvalue weighted by molar-refractivity contribution is 7.98. The highest BCUT2D eigenvalue weighted by Crippen LogP contribution is 2.22. The molecule has 23 heteroatoms. The predicted molar refractivity (Wildman–Crippen MR) is 253 cm³/mol. The van der Waals surface area contributed by atoms with Crippen molar-refractivity contribution in [2.75, 3.05) is 31.7 Å². The molecule has 1 aromatic heterocycles. The van der Waals surface area contributed by atoms with E-state index in [1.165, 1.54) is 40.9 Å². The minimum atomic E-state index is -1.63. The van der Waals surface area contributed by atoms with Gasteiger partial charge < -0.3 is 67.9 Å². The molecule has 2 aromatic carbocycles. The minimum absolute atomic E-state index is 0.0163. The number of nitrogens with zero attached hydrogens (tertiary/aromatic N) is 1. The Morgan fingerprint density at radius 2 is 1.39 bits per heavy atom. The van der Waals surface area contributed by atoms with Gasteiger partial charge in [0.2, 0.25) is 41.4 Å². The van der Waals surface area contributed by atoms with E-state index in [0.717, 1.165) is 10.9 Å². The van der Waals surface area contributed by atoms with Crippen LogP contribution in [-0.2, 0) is 56.0 Å². The standard InChI is InChI=1S/C46H63N9O13S/c1-25(2)19-33(51-42(63)34(21-27-23-48-30-8-5-4-7-29(27)30)52-40(61)31(14-15-39(59)60)49-38(58)22-47)41(62)54-36(24-56)43(64)50-32(16-18-69-3)45(66)55-17-6-9-37(55)44(65)53-35(46(67)68)20-26-10-12-28(57)13-11-26/h4-5,7-8,10-13,23,25,31-37,48,56-57H,6,9,14-22,24,47H2,1-3H3,(H,49,58)(H,50,64)(H,51,63)(H,52,61)(H,53,65)(H,54,62)(H,59,60)(H,67,68)/t31-,32-,33-,34-,35-,36-,37-/m0/s1. The number of likely N-dealkylation sites (tertiary alicyclic amines) is 1. The molecule has 0 spiro atoms. The monoisotopic (exact) mass is 981 g/mol. The number of carbonyl (C=O) groups excluding carboxylic acids is 7. The maximum atomic E-state index is 14.2. The van der Waals surface area contributed by atoms with Crippen molar-refractivity contribution in [1.82, 2.24) is 41.8 Å². The number of carboxylic acid groups (broad SMARTS) is 2. The molecule has 7 amide bonds. The number of aromatic nitrogens is 1. The Kier molecular flexibility index (Phi) is 21.3. The fourth-order valence-corrected chi connectivity index (χ4v) is 8.31. The molecular weight excluding hydrogens is 919 g/mol. The molecule has 69 heavy (non-hydrogen) atoms. The van der Waals surface area contributed by atoms with Crippen LogP contribution in [0.5, 0.6) is 5.75 Å². The number of aliphatic carboxylic acids is 2. The van der Waals surface area contributed by atoms with Crippen LogP contribution in [0.4, 0.5) is 0 Å². The summed E-state index contributed by atoms with van der Waals surface area (Å²) in [7, 11) is 0. The average Bonchev–Trinajstić information content (AvgIpc) is 3.98. The van der Waals surface area contributed by atoms with Gasteiger partial charge in [-0.25, -0.2) is 4.79 Å². The number of nitrogens with two attached hydrogens (primary N) is 1. The molecule has 0 unspecified atom stereocenters. The van der Waals surface area contributed by atoms with E-state index in [1.54, 1.807) is 50.6 Å². The van der Waals surface area contributed by atoms with Crippen LogP contribution in [0.3, 0.4) is 0 Å². The summed E-state index contributed by atoms with van der Waals surface area (Å²) in [5, 5.41) is 55.2. The van der Waals surface area contributed by atoms with Crippen molar-refractivity contribution < 1.29 is 63.6 Å². The van der Waals surface area contributed by atoms with Gasteiger partial charge in [-0.2, -0.15) is 11.8 Å². The van der Waals surface area contributed by atoms with E-state index in [1.807, 2.05) is 0 Å². The number of fused-ring (bicyclic) bond motifs is 1. The van der Waals surface area contributed by atoms with E-state index in [4.69, 9.17) is 5.73 Å². The number of amides is 7. The van der Waals surface area contributed by atoms with Crippen LogP contribution in [0.15, 0.2) is 54.7 Å². The lowest BCUT2D eigenvalue weighted by molar-refractivity contribution is -0.145. The normalized spacial score (nSPS) is 16.0. The molecule has 0 saturated carbocycles. The zero-order valence-electron chi connectivity index (χ0n) is 38.7. The number of phenolic OH excluding ortho intramolecular Hbond substituents is 1. The zero-order chi connectivity index (χ0) is 50.8. The summed E-state index contributed by atoms with van der Waals surface area (Å²) in [4.78, 5) is 124. The van der Waals surface area contributed by atoms with Crippen molar-refractivity contribution in [3.63, 3.8) is 0 Å². The molecule has 1 aliphatic heterocycles. The molecule has 1 fully saturated rings. The van der Waals surface area contributed by atoms with E-state index in [9.17, 15) is 63.6 Å². The average molecular weight is 982 g/mol. The van der Waals surface area contributed by atoms with Gasteiger partial charge in [0.15, 0.2) is 0 Å². The number of phenols is 1. The van der Waals surface area contributed by atoms with Crippen LogP contribution in [0.1, 0.15) is 63.5 Å². The number of aromatic amines is 1. The second kappa shape index (κ2) is 26.7. The first-order chi connectivity index (χ1) is 32.8. The smallest absolute Gasteiger partial charge is 0.326 e. The van der Waals surface area contributed by atoms with Crippen molar-refractivity contribution in [1.29, 1.82) is 0 Å². The number of aliphatic hydroxyl groups excluding tert-OH is 1. The van der Waals surface area contributed by atoms with Gasteiger partial charge in [-0.05, 0) is 79.4 Å². The lowest BCUT2D eigenvalue weighted by Crippen LogP contribution is -2.61. The summed E-state index contributed by atoms with van der Waals surface area (Å²) in [5.74, 6) is -8.07. The summed E-state index contributed by atoms with van der Waals surface area (Å²) < 4.78 is 0. The van der Waals surface area contributed by atoms with E-state index in [2.05, 4.69) is 36.9 Å². The predicted octanol–water partition coefficient (Wildman–Crippen LogP) is -0.742. The van der Waals surface area contributed by atoms with Gasteiger partial charge in [0.25, 0.3) is 0 Å². The summed E-state index contributed by atoms with van der Waals surface area (Å²) in [6, 6.07) is 3.58. The number of nitrogens with one attached hydrogen (secondary N) is 7. The van der Waals surface area contributed by atoms with Crippen molar-refractivity contribution >= 4 is 76.0 Å². The molecule has 1 aliphatic rings. The van der Waals surface area contributed by atoms with Crippen molar-refractivity contribution in [3.8, 4) is 5.75 Å². The number of H-pyrrole nitrogens is 1. The maximum absolute atomic E-state index is 14.2. The summed E-state index contributed by atoms with van der Waals surface area (Å²) in [5.41, 5.74) is 7.30. The Balaban J connectivity index is 1.51. The second-order valence-electron chi connectivity index (χ2n) is 17.1. The fraction of sp³-hybridized carbons (Fsp3) is 0.500. The van der Waals surface area contributed by atoms with Crippen LogP contribution >= 0.6 is 11.8 Å². The number of para-hydroxylation sites is 1. The zero-order valence-corrected chi connectivity index (χ0v) is 39.5.